The van der Waals surface area contributed by atoms with Gasteiger partial charge in [-0.3, -0.25) is 9.36 Å². The molecule has 0 aliphatic heterocycles. The first-order chi connectivity index (χ1) is 9.13. The van der Waals surface area contributed by atoms with E-state index in [4.69, 9.17) is 4.74 Å². The van der Waals surface area contributed by atoms with E-state index >= 15 is 0 Å². The molecule has 1 aromatic carbocycles. The van der Waals surface area contributed by atoms with Crippen LogP contribution in [0.15, 0.2) is 30.6 Å². The van der Waals surface area contributed by atoms with Gasteiger partial charge < -0.3 is 4.74 Å². The van der Waals surface area contributed by atoms with Crippen molar-refractivity contribution in [3.05, 3.63) is 47.8 Å². The molecular formula is C12H9F3N2O2. The molecule has 0 spiro atoms. The van der Waals surface area contributed by atoms with Crippen LogP contribution < -0.4 is 4.74 Å². The van der Waals surface area contributed by atoms with Crippen LogP contribution in [-0.4, -0.2) is 15.8 Å². The highest BCUT2D eigenvalue weighted by Crippen LogP contribution is 2.22. The highest BCUT2D eigenvalue weighted by Gasteiger charge is 2.14. The molecule has 0 saturated heterocycles. The minimum atomic E-state index is -2.76. The molecule has 2 rings (SSSR count). The van der Waals surface area contributed by atoms with Crippen LogP contribution in [0.3, 0.4) is 0 Å². The van der Waals surface area contributed by atoms with Gasteiger partial charge in [0, 0.05) is 12.4 Å². The molecule has 1 aromatic heterocycles. The zero-order valence-corrected chi connectivity index (χ0v) is 9.59. The predicted octanol–water partition coefficient (Wildman–Crippen LogP) is 2.81. The van der Waals surface area contributed by atoms with Crippen molar-refractivity contribution < 1.29 is 22.7 Å². The van der Waals surface area contributed by atoms with Gasteiger partial charge in [0.1, 0.15) is 6.61 Å². The van der Waals surface area contributed by atoms with Gasteiger partial charge in [-0.05, 0) is 12.1 Å². The Morgan fingerprint density at radius 1 is 1.42 bits per heavy atom. The van der Waals surface area contributed by atoms with E-state index in [9.17, 15) is 18.0 Å². The van der Waals surface area contributed by atoms with Crippen LogP contribution in [0.1, 0.15) is 22.7 Å². The zero-order chi connectivity index (χ0) is 13.8. The van der Waals surface area contributed by atoms with E-state index in [1.807, 2.05) is 0 Å². The first kappa shape index (κ1) is 13.1. The third-order valence-electron chi connectivity index (χ3n) is 2.43. The summed E-state index contributed by atoms with van der Waals surface area (Å²) in [6.07, 6.45) is 2.70. The van der Waals surface area contributed by atoms with Gasteiger partial charge in [0.05, 0.1) is 5.56 Å². The molecule has 2 aromatic rings. The van der Waals surface area contributed by atoms with Crippen LogP contribution >= 0.6 is 0 Å². The molecule has 100 valence electrons. The van der Waals surface area contributed by atoms with Gasteiger partial charge >= 0.3 is 6.55 Å². The first-order valence-corrected chi connectivity index (χ1v) is 5.30. The highest BCUT2D eigenvalue weighted by molar-refractivity contribution is 5.79. The van der Waals surface area contributed by atoms with E-state index in [0.29, 0.717) is 10.9 Å². The summed E-state index contributed by atoms with van der Waals surface area (Å²) in [6, 6.07) is 3.83. The molecule has 0 atom stereocenters. The fraction of sp³-hybridized carbons (Fsp3) is 0.167. The van der Waals surface area contributed by atoms with Crippen molar-refractivity contribution in [3.8, 4) is 5.75 Å². The second-order valence-corrected chi connectivity index (χ2v) is 3.59. The van der Waals surface area contributed by atoms with Gasteiger partial charge in [0.15, 0.2) is 23.7 Å². The Labute approximate surface area is 106 Å². The number of aldehydes is 1. The molecule has 0 bridgehead atoms. The third-order valence-corrected chi connectivity index (χ3v) is 2.43. The average molecular weight is 270 g/mol. The number of hydrogen-bond acceptors (Lipinski definition) is 3. The van der Waals surface area contributed by atoms with Crippen molar-refractivity contribution in [1.29, 1.82) is 0 Å². The Hall–Kier alpha value is -2.31. The Kier molecular flexibility index (Phi) is 3.84. The fourth-order valence-corrected chi connectivity index (χ4v) is 1.54. The fourth-order valence-electron chi connectivity index (χ4n) is 1.54. The standard InChI is InChI=1S/C12H9F3N2O2/c13-9-3-1-2-8(6-18)11(9)19-7-10-16-4-5-17(10)12(14)15/h1-6,12H,7H2. The second-order valence-electron chi connectivity index (χ2n) is 3.59. The van der Waals surface area contributed by atoms with Crippen LogP contribution in [-0.2, 0) is 6.61 Å². The van der Waals surface area contributed by atoms with Crippen molar-refractivity contribution in [3.63, 3.8) is 0 Å². The second kappa shape index (κ2) is 5.55. The average Bonchev–Trinajstić information content (AvgIpc) is 2.85. The van der Waals surface area contributed by atoms with E-state index in [1.54, 1.807) is 0 Å². The monoisotopic (exact) mass is 270 g/mol. The third kappa shape index (κ3) is 2.75. The number of ether oxygens (including phenoxy) is 1. The molecule has 4 nitrogen and oxygen atoms in total. The van der Waals surface area contributed by atoms with Crippen molar-refractivity contribution in [2.75, 3.05) is 0 Å². The van der Waals surface area contributed by atoms with Crippen molar-refractivity contribution in [2.24, 2.45) is 0 Å². The lowest BCUT2D eigenvalue weighted by Gasteiger charge is -2.10. The van der Waals surface area contributed by atoms with Gasteiger partial charge in [-0.1, -0.05) is 6.07 Å². The van der Waals surface area contributed by atoms with Crippen LogP contribution in [0.5, 0.6) is 5.75 Å². The zero-order valence-electron chi connectivity index (χ0n) is 9.59. The largest absolute Gasteiger partial charge is 0.482 e. The van der Waals surface area contributed by atoms with Gasteiger partial charge in [0.2, 0.25) is 0 Å². The topological polar surface area (TPSA) is 44.1 Å². The summed E-state index contributed by atoms with van der Waals surface area (Å²) in [5.74, 6) is -1.07. The molecule has 7 heteroatoms. The molecule has 19 heavy (non-hydrogen) atoms. The highest BCUT2D eigenvalue weighted by atomic mass is 19.3. The molecule has 1 heterocycles. The lowest BCUT2D eigenvalue weighted by atomic mass is 10.2. The van der Waals surface area contributed by atoms with Gasteiger partial charge in [-0.15, -0.1) is 0 Å². The summed E-state index contributed by atoms with van der Waals surface area (Å²) in [5.41, 5.74) is 0.00940. The maximum absolute atomic E-state index is 13.5. The maximum Gasteiger partial charge on any atom is 0.320 e. The minimum Gasteiger partial charge on any atom is -0.482 e. The normalized spacial score (nSPS) is 10.7. The number of hydrogen-bond donors (Lipinski definition) is 0. The first-order valence-electron chi connectivity index (χ1n) is 5.30. The SMILES string of the molecule is O=Cc1cccc(F)c1OCc1nccn1C(F)F. The van der Waals surface area contributed by atoms with Crippen LogP contribution in [0.4, 0.5) is 13.2 Å². The number of benzene rings is 1. The molecule has 0 N–H and O–H groups in total. The van der Waals surface area contributed by atoms with Gasteiger partial charge in [-0.25, -0.2) is 9.37 Å². The lowest BCUT2D eigenvalue weighted by molar-refractivity contribution is 0.0630. The summed E-state index contributed by atoms with van der Waals surface area (Å²) >= 11 is 0. The smallest absolute Gasteiger partial charge is 0.320 e. The summed E-state index contributed by atoms with van der Waals surface area (Å²) in [6.45, 7) is -3.12. The van der Waals surface area contributed by atoms with E-state index in [1.165, 1.54) is 18.3 Å². The van der Waals surface area contributed by atoms with Gasteiger partial charge in [-0.2, -0.15) is 8.78 Å². The van der Waals surface area contributed by atoms with E-state index in [0.717, 1.165) is 12.3 Å². The number of carbonyl (C=O) groups excluding carboxylic acids is 1. The van der Waals surface area contributed by atoms with Crippen LogP contribution in [0.25, 0.3) is 0 Å². The number of aromatic nitrogens is 2. The molecular weight excluding hydrogens is 261 g/mol. The summed E-state index contributed by atoms with van der Waals surface area (Å²) in [4.78, 5) is 14.4. The van der Waals surface area contributed by atoms with E-state index in [2.05, 4.69) is 4.98 Å². The number of halogens is 3. The van der Waals surface area contributed by atoms with Crippen molar-refractivity contribution in [2.45, 2.75) is 13.2 Å². The van der Waals surface area contributed by atoms with E-state index < -0.39 is 12.4 Å². The van der Waals surface area contributed by atoms with Crippen molar-refractivity contribution >= 4 is 6.29 Å². The number of imidazole rings is 1. The number of para-hydroxylation sites is 1. The Morgan fingerprint density at radius 2 is 2.21 bits per heavy atom. The Balaban J connectivity index is 2.19. The number of alkyl halides is 2. The molecule has 0 aliphatic carbocycles. The lowest BCUT2D eigenvalue weighted by Crippen LogP contribution is -2.08. The molecule has 0 amide bonds. The Bertz CT molecular complexity index is 584. The molecule has 0 saturated carbocycles. The molecule has 0 unspecified atom stereocenters. The minimum absolute atomic E-state index is 0.00940. The Morgan fingerprint density at radius 3 is 2.89 bits per heavy atom. The van der Waals surface area contributed by atoms with E-state index in [-0.39, 0.29) is 23.7 Å². The summed E-state index contributed by atoms with van der Waals surface area (Å²) in [5, 5.41) is 0. The van der Waals surface area contributed by atoms with Crippen molar-refractivity contribution in [1.82, 2.24) is 9.55 Å². The predicted molar refractivity (Wildman–Crippen MR) is 59.6 cm³/mol. The maximum atomic E-state index is 13.5. The summed E-state index contributed by atoms with van der Waals surface area (Å²) < 4.78 is 44.2. The van der Waals surface area contributed by atoms with Crippen LogP contribution in [0, 0.1) is 5.82 Å². The molecule has 0 radical (unpaired) electrons. The number of carbonyl (C=O) groups is 1. The quantitative estimate of drug-likeness (QED) is 0.785. The molecule has 0 fully saturated rings. The number of rotatable bonds is 5. The van der Waals surface area contributed by atoms with Crippen LogP contribution in [0.2, 0.25) is 0 Å². The summed E-state index contributed by atoms with van der Waals surface area (Å²) in [7, 11) is 0. The molecule has 0 aliphatic rings. The van der Waals surface area contributed by atoms with Gasteiger partial charge in [0.25, 0.3) is 0 Å². The number of nitrogens with zero attached hydrogens (tertiary/aromatic N) is 2.